The zero-order valence-electron chi connectivity index (χ0n) is 15.5. The van der Waals surface area contributed by atoms with Crippen LogP contribution in [0.2, 0.25) is 0 Å². The highest BCUT2D eigenvalue weighted by Crippen LogP contribution is 2.56. The standard InChI is InChI=1S/C20H21F3N2O3/c1-27-14-5-3-13(4-6-14)17-16(24-12-28-17)18(26)25-10-7-15(20(21,22)23)19(11-25)8-2-9-19/h3-6,12,15H,2,7-11H2,1H3. The summed E-state index contributed by atoms with van der Waals surface area (Å²) in [7, 11) is 1.55. The summed E-state index contributed by atoms with van der Waals surface area (Å²) in [6.07, 6.45) is -1.32. The highest BCUT2D eigenvalue weighted by atomic mass is 19.4. The molecule has 0 radical (unpaired) electrons. The Morgan fingerprint density at radius 3 is 2.57 bits per heavy atom. The molecule has 0 bridgehead atoms. The highest BCUT2D eigenvalue weighted by Gasteiger charge is 2.58. The van der Waals surface area contributed by atoms with Crippen molar-refractivity contribution in [1.82, 2.24) is 9.88 Å². The van der Waals surface area contributed by atoms with Crippen molar-refractivity contribution in [2.45, 2.75) is 31.9 Å². The lowest BCUT2D eigenvalue weighted by Crippen LogP contribution is -2.57. The van der Waals surface area contributed by atoms with E-state index in [1.54, 1.807) is 31.4 Å². The molecule has 1 aliphatic heterocycles. The monoisotopic (exact) mass is 394 g/mol. The Bertz CT molecular complexity index is 856. The Balaban J connectivity index is 1.57. The maximum Gasteiger partial charge on any atom is 0.392 e. The second-order valence-corrected chi connectivity index (χ2v) is 7.58. The maximum atomic E-state index is 13.5. The van der Waals surface area contributed by atoms with E-state index in [9.17, 15) is 18.0 Å². The fourth-order valence-electron chi connectivity index (χ4n) is 4.48. The van der Waals surface area contributed by atoms with Gasteiger partial charge in [-0.05, 0) is 48.9 Å². The van der Waals surface area contributed by atoms with Gasteiger partial charge < -0.3 is 14.1 Å². The van der Waals surface area contributed by atoms with Crippen molar-refractivity contribution in [3.8, 4) is 17.1 Å². The Morgan fingerprint density at radius 2 is 2.00 bits per heavy atom. The van der Waals surface area contributed by atoms with E-state index in [4.69, 9.17) is 9.15 Å². The van der Waals surface area contributed by atoms with E-state index in [0.29, 0.717) is 29.9 Å². The van der Waals surface area contributed by atoms with Crippen molar-refractivity contribution in [1.29, 1.82) is 0 Å². The lowest BCUT2D eigenvalue weighted by atomic mass is 9.58. The van der Waals surface area contributed by atoms with Gasteiger partial charge in [0.05, 0.1) is 13.0 Å². The largest absolute Gasteiger partial charge is 0.497 e. The second-order valence-electron chi connectivity index (χ2n) is 7.58. The summed E-state index contributed by atoms with van der Waals surface area (Å²) >= 11 is 0. The molecule has 1 aliphatic carbocycles. The van der Waals surface area contributed by atoms with Gasteiger partial charge >= 0.3 is 6.18 Å². The van der Waals surface area contributed by atoms with Gasteiger partial charge in [-0.25, -0.2) is 4.98 Å². The number of piperidine rings is 1. The molecule has 1 aromatic carbocycles. The average molecular weight is 394 g/mol. The molecule has 2 aromatic rings. The number of carbonyl (C=O) groups is 1. The molecule has 2 heterocycles. The van der Waals surface area contributed by atoms with Crippen LogP contribution in [0, 0.1) is 11.3 Å². The number of alkyl halides is 3. The van der Waals surface area contributed by atoms with Crippen LogP contribution in [0.4, 0.5) is 13.2 Å². The van der Waals surface area contributed by atoms with Crippen LogP contribution >= 0.6 is 0 Å². The van der Waals surface area contributed by atoms with Gasteiger partial charge in [0.25, 0.3) is 5.91 Å². The van der Waals surface area contributed by atoms with Gasteiger partial charge in [0.1, 0.15) is 5.75 Å². The second kappa shape index (κ2) is 6.83. The number of methoxy groups -OCH3 is 1. The number of aromatic nitrogens is 1. The topological polar surface area (TPSA) is 55.6 Å². The number of carbonyl (C=O) groups excluding carboxylic acids is 1. The number of ether oxygens (including phenoxy) is 1. The number of likely N-dealkylation sites (tertiary alicyclic amines) is 1. The van der Waals surface area contributed by atoms with Crippen molar-refractivity contribution in [3.63, 3.8) is 0 Å². The highest BCUT2D eigenvalue weighted by molar-refractivity contribution is 5.97. The summed E-state index contributed by atoms with van der Waals surface area (Å²) in [6, 6.07) is 6.98. The van der Waals surface area contributed by atoms with E-state index >= 15 is 0 Å². The summed E-state index contributed by atoms with van der Waals surface area (Å²) in [5.41, 5.74) is -0.0637. The third kappa shape index (κ3) is 3.14. The van der Waals surface area contributed by atoms with E-state index in [1.807, 2.05) is 0 Å². The molecule has 150 valence electrons. The van der Waals surface area contributed by atoms with E-state index in [1.165, 1.54) is 11.3 Å². The molecule has 28 heavy (non-hydrogen) atoms. The summed E-state index contributed by atoms with van der Waals surface area (Å²) in [4.78, 5) is 18.6. The third-order valence-electron chi connectivity index (χ3n) is 6.09. The fraction of sp³-hybridized carbons (Fsp3) is 0.500. The van der Waals surface area contributed by atoms with Gasteiger partial charge in [-0.2, -0.15) is 13.2 Å². The van der Waals surface area contributed by atoms with Crippen LogP contribution in [-0.2, 0) is 0 Å². The zero-order chi connectivity index (χ0) is 19.9. The molecular formula is C20H21F3N2O3. The van der Waals surface area contributed by atoms with Crippen LogP contribution in [0.25, 0.3) is 11.3 Å². The van der Waals surface area contributed by atoms with Crippen molar-refractivity contribution in [2.24, 2.45) is 11.3 Å². The third-order valence-corrected chi connectivity index (χ3v) is 6.09. The minimum atomic E-state index is -4.22. The van der Waals surface area contributed by atoms with E-state index in [-0.39, 0.29) is 31.1 Å². The van der Waals surface area contributed by atoms with E-state index < -0.39 is 17.5 Å². The van der Waals surface area contributed by atoms with Crippen LogP contribution in [0.5, 0.6) is 5.75 Å². The van der Waals surface area contributed by atoms with Gasteiger partial charge in [-0.1, -0.05) is 6.42 Å². The first-order chi connectivity index (χ1) is 13.3. The minimum absolute atomic E-state index is 0.0645. The first-order valence-electron chi connectivity index (χ1n) is 9.28. The molecule has 2 aliphatic rings. The molecule has 4 rings (SSSR count). The van der Waals surface area contributed by atoms with Gasteiger partial charge in [0, 0.05) is 18.7 Å². The Hall–Kier alpha value is -2.51. The van der Waals surface area contributed by atoms with E-state index in [0.717, 1.165) is 6.42 Å². The summed E-state index contributed by atoms with van der Waals surface area (Å²) < 4.78 is 50.9. The van der Waals surface area contributed by atoms with Gasteiger partial charge in [-0.3, -0.25) is 4.79 Å². The number of nitrogens with zero attached hydrogens (tertiary/aromatic N) is 2. The lowest BCUT2D eigenvalue weighted by molar-refractivity contribution is -0.235. The molecule has 0 N–H and O–H groups in total. The molecule has 1 spiro atoms. The Kier molecular flexibility index (Phi) is 4.59. The van der Waals surface area contributed by atoms with Crippen molar-refractivity contribution < 1.29 is 27.1 Å². The molecular weight excluding hydrogens is 373 g/mol. The normalized spacial score (nSPS) is 21.4. The van der Waals surface area contributed by atoms with Gasteiger partial charge in [0.15, 0.2) is 17.8 Å². The number of benzene rings is 1. The fourth-order valence-corrected chi connectivity index (χ4v) is 4.48. The molecule has 5 nitrogen and oxygen atoms in total. The zero-order valence-corrected chi connectivity index (χ0v) is 15.5. The SMILES string of the molecule is COc1ccc(-c2ocnc2C(=O)N2CCC(C(F)(F)F)C3(CCC3)C2)cc1. The summed E-state index contributed by atoms with van der Waals surface area (Å²) in [5.74, 6) is -0.742. The molecule has 2 fully saturated rings. The predicted octanol–water partition coefficient (Wildman–Crippen LogP) is 4.54. The number of amides is 1. The average Bonchev–Trinajstić information content (AvgIpc) is 3.14. The van der Waals surface area contributed by atoms with Crippen LogP contribution in [0.3, 0.4) is 0 Å². The van der Waals surface area contributed by atoms with Crippen LogP contribution in [0.15, 0.2) is 35.1 Å². The lowest BCUT2D eigenvalue weighted by Gasteiger charge is -2.54. The molecule has 1 saturated heterocycles. The summed E-state index contributed by atoms with van der Waals surface area (Å²) in [5, 5.41) is 0. The number of rotatable bonds is 3. The molecule has 1 aromatic heterocycles. The molecule has 1 saturated carbocycles. The van der Waals surface area contributed by atoms with E-state index in [2.05, 4.69) is 4.98 Å². The number of oxazole rings is 1. The molecule has 1 atom stereocenters. The number of halogens is 3. The Morgan fingerprint density at radius 1 is 1.29 bits per heavy atom. The van der Waals surface area contributed by atoms with Gasteiger partial charge in [-0.15, -0.1) is 0 Å². The van der Waals surface area contributed by atoms with Crippen LogP contribution in [0.1, 0.15) is 36.2 Å². The minimum Gasteiger partial charge on any atom is -0.497 e. The smallest absolute Gasteiger partial charge is 0.392 e. The van der Waals surface area contributed by atoms with Crippen LogP contribution < -0.4 is 4.74 Å². The first-order valence-corrected chi connectivity index (χ1v) is 9.28. The summed E-state index contributed by atoms with van der Waals surface area (Å²) in [6.45, 7) is 0.185. The first kappa shape index (κ1) is 18.8. The molecule has 1 amide bonds. The van der Waals surface area contributed by atoms with Crippen molar-refractivity contribution in [3.05, 3.63) is 36.4 Å². The maximum absolute atomic E-state index is 13.5. The molecule has 1 unspecified atom stereocenters. The van der Waals surface area contributed by atoms with Crippen molar-refractivity contribution >= 4 is 5.91 Å². The number of hydrogen-bond donors (Lipinski definition) is 0. The number of hydrogen-bond acceptors (Lipinski definition) is 4. The quantitative estimate of drug-likeness (QED) is 0.767. The Labute approximate surface area is 160 Å². The van der Waals surface area contributed by atoms with Crippen molar-refractivity contribution in [2.75, 3.05) is 20.2 Å². The predicted molar refractivity (Wildman–Crippen MR) is 94.8 cm³/mol. The van der Waals surface area contributed by atoms with Crippen LogP contribution in [-0.4, -0.2) is 42.2 Å². The molecule has 8 heteroatoms. The van der Waals surface area contributed by atoms with Gasteiger partial charge in [0.2, 0.25) is 0 Å².